The first kappa shape index (κ1) is 22.2. The number of hydrogen-bond donors (Lipinski definition) is 3. The maximum absolute atomic E-state index is 12.4. The SMILES string of the molecule is CCNc1ccc(S(=O)(=O)N(C)C)cc1NCC(=O)NCCC1=CCCCC1. The number of hydrogen-bond acceptors (Lipinski definition) is 5. The molecule has 7 nitrogen and oxygen atoms in total. The lowest BCUT2D eigenvalue weighted by Crippen LogP contribution is -2.31. The Morgan fingerprint density at radius 2 is 1.93 bits per heavy atom. The zero-order valence-electron chi connectivity index (χ0n) is 17.0. The maximum Gasteiger partial charge on any atom is 0.242 e. The predicted octanol–water partition coefficient (Wildman–Crippen LogP) is 2.79. The number of nitrogens with zero attached hydrogens (tertiary/aromatic N) is 1. The molecule has 1 aromatic carbocycles. The highest BCUT2D eigenvalue weighted by molar-refractivity contribution is 7.89. The molecule has 1 aliphatic rings. The fourth-order valence-electron chi connectivity index (χ4n) is 3.12. The standard InChI is InChI=1S/C20H32N4O3S/c1-4-21-18-11-10-17(28(26,27)24(2)3)14-19(18)23-15-20(25)22-13-12-16-8-6-5-7-9-16/h8,10-11,14,21,23H,4-7,9,12-13,15H2,1-3H3,(H,22,25). The number of amides is 1. The number of nitrogens with one attached hydrogen (secondary N) is 3. The zero-order chi connectivity index (χ0) is 20.6. The third kappa shape index (κ3) is 6.24. The minimum Gasteiger partial charge on any atom is -0.384 e. The molecular formula is C20H32N4O3S. The molecule has 2 rings (SSSR count). The third-order valence-electron chi connectivity index (χ3n) is 4.73. The van der Waals surface area contributed by atoms with Gasteiger partial charge in [0.1, 0.15) is 0 Å². The maximum atomic E-state index is 12.4. The van der Waals surface area contributed by atoms with Crippen LogP contribution in [-0.2, 0) is 14.8 Å². The van der Waals surface area contributed by atoms with Gasteiger partial charge in [-0.2, -0.15) is 0 Å². The summed E-state index contributed by atoms with van der Waals surface area (Å²) in [5.74, 6) is -0.111. The molecule has 0 heterocycles. The Hall–Kier alpha value is -2.06. The minimum atomic E-state index is -3.54. The van der Waals surface area contributed by atoms with Gasteiger partial charge in [0.2, 0.25) is 15.9 Å². The molecule has 0 radical (unpaired) electrons. The molecule has 1 aliphatic carbocycles. The third-order valence-corrected chi connectivity index (χ3v) is 6.54. The van der Waals surface area contributed by atoms with Crippen molar-refractivity contribution in [3.05, 3.63) is 29.8 Å². The number of allylic oxidation sites excluding steroid dienone is 1. The van der Waals surface area contributed by atoms with Crippen molar-refractivity contribution in [3.63, 3.8) is 0 Å². The molecule has 8 heteroatoms. The van der Waals surface area contributed by atoms with E-state index >= 15 is 0 Å². The van der Waals surface area contributed by atoms with Crippen LogP contribution in [0.5, 0.6) is 0 Å². The monoisotopic (exact) mass is 408 g/mol. The summed E-state index contributed by atoms with van der Waals surface area (Å²) in [6.07, 6.45) is 7.95. The van der Waals surface area contributed by atoms with Gasteiger partial charge in [0.25, 0.3) is 0 Å². The number of carbonyl (C=O) groups excluding carboxylic acids is 1. The minimum absolute atomic E-state index is 0.0862. The van der Waals surface area contributed by atoms with Crippen LogP contribution in [0.2, 0.25) is 0 Å². The van der Waals surface area contributed by atoms with Gasteiger partial charge >= 0.3 is 0 Å². The summed E-state index contributed by atoms with van der Waals surface area (Å²) >= 11 is 0. The fourth-order valence-corrected chi connectivity index (χ4v) is 4.05. The second-order valence-corrected chi connectivity index (χ2v) is 9.24. The van der Waals surface area contributed by atoms with Crippen molar-refractivity contribution in [2.45, 2.75) is 43.9 Å². The predicted molar refractivity (Wildman–Crippen MR) is 114 cm³/mol. The van der Waals surface area contributed by atoms with Crippen molar-refractivity contribution in [2.24, 2.45) is 0 Å². The second kappa shape index (κ2) is 10.5. The molecule has 0 spiro atoms. The van der Waals surface area contributed by atoms with Crippen LogP contribution in [0.4, 0.5) is 11.4 Å². The molecule has 1 aromatic rings. The fraction of sp³-hybridized carbons (Fsp3) is 0.550. The molecule has 0 atom stereocenters. The van der Waals surface area contributed by atoms with Crippen molar-refractivity contribution < 1.29 is 13.2 Å². The highest BCUT2D eigenvalue weighted by Gasteiger charge is 2.19. The Bertz CT molecular complexity index is 804. The largest absolute Gasteiger partial charge is 0.384 e. The van der Waals surface area contributed by atoms with Gasteiger partial charge in [0, 0.05) is 27.2 Å². The first-order valence-electron chi connectivity index (χ1n) is 9.83. The summed E-state index contributed by atoms with van der Waals surface area (Å²) in [4.78, 5) is 12.4. The van der Waals surface area contributed by atoms with E-state index in [9.17, 15) is 13.2 Å². The molecule has 0 fully saturated rings. The van der Waals surface area contributed by atoms with E-state index in [4.69, 9.17) is 0 Å². The molecule has 3 N–H and O–H groups in total. The van der Waals surface area contributed by atoms with Gasteiger partial charge in [0.15, 0.2) is 0 Å². The lowest BCUT2D eigenvalue weighted by molar-refractivity contribution is -0.119. The first-order chi connectivity index (χ1) is 13.3. The summed E-state index contributed by atoms with van der Waals surface area (Å²) < 4.78 is 25.9. The topological polar surface area (TPSA) is 90.5 Å². The Morgan fingerprint density at radius 3 is 2.57 bits per heavy atom. The van der Waals surface area contributed by atoms with Gasteiger partial charge in [-0.15, -0.1) is 0 Å². The average molecular weight is 409 g/mol. The van der Waals surface area contributed by atoms with E-state index in [2.05, 4.69) is 22.0 Å². The van der Waals surface area contributed by atoms with Crippen LogP contribution < -0.4 is 16.0 Å². The van der Waals surface area contributed by atoms with Crippen molar-refractivity contribution in [1.29, 1.82) is 0 Å². The van der Waals surface area contributed by atoms with Gasteiger partial charge < -0.3 is 16.0 Å². The Labute approximate surface area is 168 Å². The highest BCUT2D eigenvalue weighted by atomic mass is 32.2. The van der Waals surface area contributed by atoms with Crippen LogP contribution in [0.15, 0.2) is 34.7 Å². The van der Waals surface area contributed by atoms with Crippen LogP contribution in [0.3, 0.4) is 0 Å². The Morgan fingerprint density at radius 1 is 1.14 bits per heavy atom. The van der Waals surface area contributed by atoms with Crippen molar-refractivity contribution in [2.75, 3.05) is 44.4 Å². The Balaban J connectivity index is 1.96. The van der Waals surface area contributed by atoms with E-state index in [0.29, 0.717) is 18.8 Å². The number of sulfonamides is 1. The molecule has 156 valence electrons. The van der Waals surface area contributed by atoms with E-state index in [1.165, 1.54) is 36.8 Å². The van der Waals surface area contributed by atoms with Gasteiger partial charge in [-0.3, -0.25) is 4.79 Å². The average Bonchev–Trinajstić information content (AvgIpc) is 2.68. The second-order valence-electron chi connectivity index (χ2n) is 7.09. The van der Waals surface area contributed by atoms with Crippen molar-refractivity contribution >= 4 is 27.3 Å². The Kier molecular flexibility index (Phi) is 8.32. The summed E-state index contributed by atoms with van der Waals surface area (Å²) in [7, 11) is -0.546. The van der Waals surface area contributed by atoms with Crippen LogP contribution >= 0.6 is 0 Å². The number of rotatable bonds is 10. The molecule has 0 saturated heterocycles. The quantitative estimate of drug-likeness (QED) is 0.518. The summed E-state index contributed by atoms with van der Waals surface area (Å²) in [6, 6.07) is 4.85. The highest BCUT2D eigenvalue weighted by Crippen LogP contribution is 2.26. The van der Waals surface area contributed by atoms with Gasteiger partial charge in [-0.05, 0) is 57.2 Å². The molecule has 0 aliphatic heterocycles. The van der Waals surface area contributed by atoms with E-state index < -0.39 is 10.0 Å². The lowest BCUT2D eigenvalue weighted by Gasteiger charge is -2.17. The zero-order valence-corrected chi connectivity index (χ0v) is 17.9. The van der Waals surface area contributed by atoms with Crippen molar-refractivity contribution in [3.8, 4) is 0 Å². The lowest BCUT2D eigenvalue weighted by atomic mass is 9.97. The van der Waals surface area contributed by atoms with Gasteiger partial charge in [-0.25, -0.2) is 12.7 Å². The molecule has 1 amide bonds. The van der Waals surface area contributed by atoms with Crippen LogP contribution in [0.25, 0.3) is 0 Å². The molecule has 0 saturated carbocycles. The number of carbonyl (C=O) groups is 1. The summed E-state index contributed by atoms with van der Waals surface area (Å²) in [6.45, 7) is 3.36. The molecule has 0 bridgehead atoms. The molecule has 28 heavy (non-hydrogen) atoms. The smallest absolute Gasteiger partial charge is 0.242 e. The number of benzene rings is 1. The summed E-state index contributed by atoms with van der Waals surface area (Å²) in [5.41, 5.74) is 2.78. The van der Waals surface area contributed by atoms with Crippen LogP contribution in [0.1, 0.15) is 39.0 Å². The summed E-state index contributed by atoms with van der Waals surface area (Å²) in [5, 5.41) is 9.18. The van der Waals surface area contributed by atoms with E-state index in [1.54, 1.807) is 18.2 Å². The van der Waals surface area contributed by atoms with E-state index in [0.717, 1.165) is 24.9 Å². The molecule has 0 aromatic heterocycles. The van der Waals surface area contributed by atoms with Crippen molar-refractivity contribution in [1.82, 2.24) is 9.62 Å². The van der Waals surface area contributed by atoms with Crippen LogP contribution in [-0.4, -0.2) is 52.4 Å². The normalized spacial score (nSPS) is 14.5. The van der Waals surface area contributed by atoms with Gasteiger partial charge in [-0.1, -0.05) is 11.6 Å². The number of anilines is 2. The van der Waals surface area contributed by atoms with Crippen LogP contribution in [0, 0.1) is 0 Å². The first-order valence-corrected chi connectivity index (χ1v) is 11.3. The molecular weight excluding hydrogens is 376 g/mol. The van der Waals surface area contributed by atoms with E-state index in [1.807, 2.05) is 6.92 Å². The van der Waals surface area contributed by atoms with E-state index in [-0.39, 0.29) is 17.3 Å². The van der Waals surface area contributed by atoms with Gasteiger partial charge in [0.05, 0.1) is 22.8 Å². The molecule has 0 unspecified atom stereocenters.